The smallest absolute Gasteiger partial charge is 0.283 e. The van der Waals surface area contributed by atoms with Gasteiger partial charge in [-0.1, -0.05) is 0 Å². The van der Waals surface area contributed by atoms with Crippen molar-refractivity contribution in [3.63, 3.8) is 0 Å². The third kappa shape index (κ3) is 4.05. The fourth-order valence-corrected chi connectivity index (χ4v) is 4.96. The third-order valence-corrected chi connectivity index (χ3v) is 6.92. The van der Waals surface area contributed by atoms with E-state index in [1.165, 1.54) is 18.3 Å². The van der Waals surface area contributed by atoms with E-state index in [1.807, 2.05) is 42.5 Å². The van der Waals surface area contributed by atoms with Crippen molar-refractivity contribution in [1.29, 1.82) is 0 Å². The molecule has 0 spiro atoms. The van der Waals surface area contributed by atoms with E-state index in [4.69, 9.17) is 0 Å². The van der Waals surface area contributed by atoms with Crippen molar-refractivity contribution in [3.05, 3.63) is 59.5 Å². The number of sulfonamides is 1. The summed E-state index contributed by atoms with van der Waals surface area (Å²) in [7, 11) is -0.177. The number of likely N-dealkylation sites (tertiary alicyclic amines) is 1. The molecular weight excluding hydrogens is 428 g/mol. The van der Waals surface area contributed by atoms with Gasteiger partial charge in [-0.05, 0) is 56.7 Å². The molecule has 0 bridgehead atoms. The second-order valence-electron chi connectivity index (χ2n) is 7.94. The highest BCUT2D eigenvalue weighted by Crippen LogP contribution is 2.22. The van der Waals surface area contributed by atoms with Crippen LogP contribution in [0, 0.1) is 13.8 Å². The Bertz CT molecular complexity index is 1280. The van der Waals surface area contributed by atoms with Crippen molar-refractivity contribution in [3.8, 4) is 5.82 Å². The zero-order valence-electron chi connectivity index (χ0n) is 18.5. The van der Waals surface area contributed by atoms with Gasteiger partial charge in [-0.15, -0.1) is 4.40 Å². The van der Waals surface area contributed by atoms with Crippen molar-refractivity contribution in [1.82, 2.24) is 19.2 Å². The number of aromatic nitrogens is 3. The molecule has 1 saturated heterocycles. The number of anilines is 1. The van der Waals surface area contributed by atoms with Crippen LogP contribution in [0.1, 0.15) is 34.6 Å². The molecule has 1 aliphatic rings. The molecule has 1 fully saturated rings. The Kier molecular flexibility index (Phi) is 5.64. The van der Waals surface area contributed by atoms with E-state index in [1.54, 1.807) is 23.9 Å². The van der Waals surface area contributed by atoms with Gasteiger partial charge in [0, 0.05) is 44.1 Å². The fourth-order valence-electron chi connectivity index (χ4n) is 3.87. The Morgan fingerprint density at radius 2 is 1.72 bits per heavy atom. The van der Waals surface area contributed by atoms with Crippen LogP contribution < -0.4 is 5.32 Å². The predicted molar refractivity (Wildman–Crippen MR) is 123 cm³/mol. The highest BCUT2D eigenvalue weighted by Gasteiger charge is 2.22. The van der Waals surface area contributed by atoms with Crippen LogP contribution in [0.5, 0.6) is 0 Å². The van der Waals surface area contributed by atoms with E-state index in [0.717, 1.165) is 24.4 Å². The number of rotatable bonds is 5. The maximum Gasteiger partial charge on any atom is 0.283 e. The van der Waals surface area contributed by atoms with Crippen LogP contribution >= 0.6 is 0 Å². The average molecular weight is 455 g/mol. The molecule has 0 aliphatic carbocycles. The van der Waals surface area contributed by atoms with Gasteiger partial charge in [-0.25, -0.2) is 0 Å². The number of nitrogens with zero attached hydrogens (tertiary/aromatic N) is 5. The summed E-state index contributed by atoms with van der Waals surface area (Å²) in [4.78, 5) is 14.9. The zero-order chi connectivity index (χ0) is 23.0. The lowest BCUT2D eigenvalue weighted by Crippen LogP contribution is -2.20. The van der Waals surface area contributed by atoms with Crippen molar-refractivity contribution < 1.29 is 13.2 Å². The van der Waals surface area contributed by atoms with Gasteiger partial charge in [0.15, 0.2) is 0 Å². The molecular formula is C22H26N6O3S. The Labute approximate surface area is 187 Å². The number of benzene rings is 1. The molecule has 0 saturated carbocycles. The number of hydrogen-bond acceptors (Lipinski definition) is 4. The molecule has 10 heteroatoms. The van der Waals surface area contributed by atoms with Gasteiger partial charge < -0.3 is 14.8 Å². The van der Waals surface area contributed by atoms with Crippen LogP contribution in [-0.4, -0.2) is 53.0 Å². The first-order valence-electron chi connectivity index (χ1n) is 10.3. The van der Waals surface area contributed by atoms with E-state index in [2.05, 4.69) is 14.8 Å². The number of nitrogens with one attached hydrogen (secondary N) is 1. The Morgan fingerprint density at radius 1 is 1.06 bits per heavy atom. The molecule has 3 aromatic rings. The number of carbonyl (C=O) groups is 1. The SMILES string of the molecule is Cc1ccc(C)n1-c1c(C(=O)Nc2ccc(S(=O)(=O)/N=C3/CCCN3C)cc2)cnn1C. The summed E-state index contributed by atoms with van der Waals surface area (Å²) in [5.41, 5.74) is 2.88. The van der Waals surface area contributed by atoms with Crippen LogP contribution in [-0.2, 0) is 17.1 Å². The minimum absolute atomic E-state index is 0.0870. The van der Waals surface area contributed by atoms with Gasteiger partial charge in [0.05, 0.1) is 11.1 Å². The lowest BCUT2D eigenvalue weighted by molar-refractivity contribution is 0.102. The Morgan fingerprint density at radius 3 is 2.31 bits per heavy atom. The van der Waals surface area contributed by atoms with Gasteiger partial charge in [-0.3, -0.25) is 9.48 Å². The van der Waals surface area contributed by atoms with Gasteiger partial charge in [0.25, 0.3) is 15.9 Å². The normalized spacial score (nSPS) is 15.5. The summed E-state index contributed by atoms with van der Waals surface area (Å²) in [5.74, 6) is 0.907. The van der Waals surface area contributed by atoms with E-state index < -0.39 is 10.0 Å². The lowest BCUT2D eigenvalue weighted by Gasteiger charge is -2.13. The molecule has 0 radical (unpaired) electrons. The molecule has 1 aromatic carbocycles. The Balaban J connectivity index is 1.56. The molecule has 1 N–H and O–H groups in total. The predicted octanol–water partition coefficient (Wildman–Crippen LogP) is 2.89. The van der Waals surface area contributed by atoms with Crippen molar-refractivity contribution >= 4 is 27.5 Å². The summed E-state index contributed by atoms with van der Waals surface area (Å²) in [5, 5.41) is 7.08. The van der Waals surface area contributed by atoms with E-state index in [-0.39, 0.29) is 10.8 Å². The molecule has 0 atom stereocenters. The molecule has 1 aliphatic heterocycles. The number of amides is 1. The van der Waals surface area contributed by atoms with Crippen LogP contribution in [0.15, 0.2) is 51.9 Å². The first kappa shape index (κ1) is 21.8. The lowest BCUT2D eigenvalue weighted by atomic mass is 10.2. The maximum absolute atomic E-state index is 13.0. The van der Waals surface area contributed by atoms with Crippen LogP contribution in [0.25, 0.3) is 5.82 Å². The summed E-state index contributed by atoms with van der Waals surface area (Å²) < 4.78 is 32.8. The van der Waals surface area contributed by atoms with Crippen molar-refractivity contribution in [2.75, 3.05) is 18.9 Å². The molecule has 1 amide bonds. The summed E-state index contributed by atoms with van der Waals surface area (Å²) in [6.45, 7) is 4.73. The van der Waals surface area contributed by atoms with Crippen LogP contribution in [0.2, 0.25) is 0 Å². The standard InChI is InChI=1S/C22H26N6O3S/c1-15-7-8-16(2)28(15)22-19(14-23-27(22)4)21(29)24-17-9-11-18(12-10-17)32(30,31)25-20-6-5-13-26(20)3/h7-12,14H,5-6,13H2,1-4H3,(H,24,29)/b25-20-. The molecule has 32 heavy (non-hydrogen) atoms. The summed E-state index contributed by atoms with van der Waals surface area (Å²) in [6.07, 6.45) is 3.07. The highest BCUT2D eigenvalue weighted by molar-refractivity contribution is 7.90. The monoisotopic (exact) mass is 454 g/mol. The first-order chi connectivity index (χ1) is 15.2. The van der Waals surface area contributed by atoms with Gasteiger partial charge in [0.2, 0.25) is 0 Å². The maximum atomic E-state index is 13.0. The van der Waals surface area contributed by atoms with Crippen LogP contribution in [0.4, 0.5) is 5.69 Å². The van der Waals surface area contributed by atoms with Gasteiger partial charge in [-0.2, -0.15) is 13.5 Å². The molecule has 9 nitrogen and oxygen atoms in total. The first-order valence-corrected chi connectivity index (χ1v) is 11.7. The molecule has 168 valence electrons. The van der Waals surface area contributed by atoms with Crippen molar-refractivity contribution in [2.24, 2.45) is 11.4 Å². The summed E-state index contributed by atoms with van der Waals surface area (Å²) in [6, 6.07) is 9.99. The minimum Gasteiger partial charge on any atom is -0.362 e. The zero-order valence-corrected chi connectivity index (χ0v) is 19.3. The average Bonchev–Trinajstić information content (AvgIpc) is 3.41. The number of amidine groups is 1. The molecule has 2 aromatic heterocycles. The Hall–Kier alpha value is -3.40. The third-order valence-electron chi connectivity index (χ3n) is 5.61. The van der Waals surface area contributed by atoms with E-state index >= 15 is 0 Å². The minimum atomic E-state index is -3.80. The van der Waals surface area contributed by atoms with Gasteiger partial charge >= 0.3 is 0 Å². The quantitative estimate of drug-likeness (QED) is 0.639. The second-order valence-corrected chi connectivity index (χ2v) is 9.55. The largest absolute Gasteiger partial charge is 0.362 e. The molecule has 0 unspecified atom stereocenters. The highest BCUT2D eigenvalue weighted by atomic mass is 32.2. The van der Waals surface area contributed by atoms with Crippen molar-refractivity contribution in [2.45, 2.75) is 31.6 Å². The number of aryl methyl sites for hydroxylation is 3. The summed E-state index contributed by atoms with van der Waals surface area (Å²) >= 11 is 0. The topological polar surface area (TPSA) is 102 Å². The number of hydrogen-bond donors (Lipinski definition) is 1. The van der Waals surface area contributed by atoms with Crippen LogP contribution in [0.3, 0.4) is 0 Å². The second kappa shape index (κ2) is 8.27. The van der Waals surface area contributed by atoms with E-state index in [9.17, 15) is 13.2 Å². The van der Waals surface area contributed by atoms with Gasteiger partial charge in [0.1, 0.15) is 17.2 Å². The fraction of sp³-hybridized carbons (Fsp3) is 0.318. The van der Waals surface area contributed by atoms with E-state index in [0.29, 0.717) is 29.3 Å². The molecule has 4 rings (SSSR count). The molecule has 3 heterocycles. The number of carbonyl (C=O) groups excluding carboxylic acids is 1.